The van der Waals surface area contributed by atoms with Crippen molar-refractivity contribution < 1.29 is 18.4 Å². The molecule has 2 amide bonds. The molecule has 0 radical (unpaired) electrons. The maximum atomic E-state index is 14.0. The molecule has 0 spiro atoms. The number of fused-ring (bicyclic) bond motifs is 1. The van der Waals surface area contributed by atoms with Crippen LogP contribution in [-0.2, 0) is 4.79 Å². The predicted octanol–water partition coefficient (Wildman–Crippen LogP) is 6.15. The highest BCUT2D eigenvalue weighted by molar-refractivity contribution is 6.33. The molecular formula is C29H31ClF2N6O2. The van der Waals surface area contributed by atoms with Gasteiger partial charge in [-0.25, -0.2) is 13.8 Å². The van der Waals surface area contributed by atoms with E-state index in [-0.39, 0.29) is 44.8 Å². The molecule has 3 aromatic rings. The SMILES string of the molecule is CC(C)=C(/C=C(/C(=O)Nc1c(C)cc2cn[nH]c2c1C(=O)NC1(C2CC2)CC1)N(C)c1ncccc1Cl)C(F)F. The molecule has 0 atom stereocenters. The average molecular weight is 569 g/mol. The van der Waals surface area contributed by atoms with Gasteiger partial charge in [0.15, 0.2) is 5.82 Å². The van der Waals surface area contributed by atoms with E-state index in [1.807, 2.05) is 6.07 Å². The van der Waals surface area contributed by atoms with Crippen LogP contribution in [0.3, 0.4) is 0 Å². The van der Waals surface area contributed by atoms with Crippen molar-refractivity contribution in [2.75, 3.05) is 17.3 Å². The standard InChI is InChI=1S/C29H31ClF2N6O2/c1-15(2)19(25(31)32)13-21(38(4)26-20(30)6-5-11-33-26)27(39)35-23-16(3)12-17-14-34-37-24(17)22(23)28(40)36-29(9-10-29)18-7-8-18/h5-6,11-14,18,25H,7-10H2,1-4H3,(H,34,37)(H,35,39)(H,36,40)/b21-13-. The number of carbonyl (C=O) groups is 2. The number of nitrogens with zero attached hydrogens (tertiary/aromatic N) is 3. The number of aromatic amines is 1. The normalized spacial score (nSPS) is 16.1. The van der Waals surface area contributed by atoms with E-state index in [9.17, 15) is 18.4 Å². The molecular weight excluding hydrogens is 538 g/mol. The van der Waals surface area contributed by atoms with Crippen molar-refractivity contribution >= 4 is 45.8 Å². The third-order valence-corrected chi connectivity index (χ3v) is 7.96. The fraction of sp³-hybridized carbons (Fsp3) is 0.379. The lowest BCUT2D eigenvalue weighted by molar-refractivity contribution is -0.112. The number of nitrogens with one attached hydrogen (secondary N) is 3. The molecule has 210 valence electrons. The first kappa shape index (κ1) is 27.8. The Balaban J connectivity index is 1.58. The summed E-state index contributed by atoms with van der Waals surface area (Å²) in [7, 11) is 1.53. The minimum absolute atomic E-state index is 0.121. The number of hydrogen-bond donors (Lipinski definition) is 3. The third-order valence-electron chi connectivity index (χ3n) is 7.67. The van der Waals surface area contributed by atoms with Crippen LogP contribution in [0.15, 0.2) is 53.5 Å². The zero-order valence-electron chi connectivity index (χ0n) is 22.7. The molecule has 2 saturated carbocycles. The summed E-state index contributed by atoms with van der Waals surface area (Å²) < 4.78 is 28.0. The van der Waals surface area contributed by atoms with Crippen LogP contribution in [0.1, 0.15) is 55.5 Å². The smallest absolute Gasteiger partial charge is 0.272 e. The molecule has 2 aliphatic carbocycles. The van der Waals surface area contributed by atoms with Crippen molar-refractivity contribution in [1.82, 2.24) is 20.5 Å². The predicted molar refractivity (Wildman–Crippen MR) is 152 cm³/mol. The van der Waals surface area contributed by atoms with Crippen molar-refractivity contribution in [3.05, 3.63) is 69.7 Å². The van der Waals surface area contributed by atoms with Crippen LogP contribution in [0.25, 0.3) is 10.9 Å². The summed E-state index contributed by atoms with van der Waals surface area (Å²) in [5, 5.41) is 14.0. The molecule has 0 unspecified atom stereocenters. The van der Waals surface area contributed by atoms with Gasteiger partial charge in [0.1, 0.15) is 5.70 Å². The number of aromatic nitrogens is 3. The van der Waals surface area contributed by atoms with Crippen LogP contribution in [0.4, 0.5) is 20.3 Å². The van der Waals surface area contributed by atoms with Crippen molar-refractivity contribution in [3.63, 3.8) is 0 Å². The van der Waals surface area contributed by atoms with E-state index in [1.165, 1.54) is 18.1 Å². The Labute approximate surface area is 235 Å². The lowest BCUT2D eigenvalue weighted by Crippen LogP contribution is -2.39. The summed E-state index contributed by atoms with van der Waals surface area (Å²) in [4.78, 5) is 33.3. The first-order valence-electron chi connectivity index (χ1n) is 13.1. The molecule has 2 heterocycles. The number of anilines is 2. The van der Waals surface area contributed by atoms with E-state index in [2.05, 4.69) is 25.8 Å². The molecule has 0 aliphatic heterocycles. The molecule has 0 saturated heterocycles. The highest BCUT2D eigenvalue weighted by Gasteiger charge is 2.55. The Morgan fingerprint density at radius 2 is 2.00 bits per heavy atom. The Hall–Kier alpha value is -3.79. The van der Waals surface area contributed by atoms with Gasteiger partial charge < -0.3 is 15.5 Å². The maximum Gasteiger partial charge on any atom is 0.272 e. The summed E-state index contributed by atoms with van der Waals surface area (Å²) in [6.45, 7) is 4.87. The second-order valence-corrected chi connectivity index (χ2v) is 11.2. The number of amides is 2. The van der Waals surface area contributed by atoms with Gasteiger partial charge >= 0.3 is 0 Å². The second-order valence-electron chi connectivity index (χ2n) is 10.8. The number of pyridine rings is 1. The minimum atomic E-state index is -2.82. The van der Waals surface area contributed by atoms with Gasteiger partial charge in [-0.05, 0) is 82.2 Å². The molecule has 1 aromatic carbocycles. The van der Waals surface area contributed by atoms with Gasteiger partial charge in [0.05, 0.1) is 28.0 Å². The average Bonchev–Trinajstić information content (AvgIpc) is 3.82. The number of likely N-dealkylation sites (N-methyl/N-ethyl adjacent to an activating group) is 1. The monoisotopic (exact) mass is 568 g/mol. The van der Waals surface area contributed by atoms with Gasteiger partial charge in [0, 0.05) is 29.7 Å². The number of halogens is 3. The van der Waals surface area contributed by atoms with Gasteiger partial charge in [-0.15, -0.1) is 0 Å². The summed E-state index contributed by atoms with van der Waals surface area (Å²) in [6, 6.07) is 5.03. The molecule has 40 heavy (non-hydrogen) atoms. The fourth-order valence-electron chi connectivity index (χ4n) is 5.12. The highest BCUT2D eigenvalue weighted by atomic mass is 35.5. The second kappa shape index (κ2) is 10.6. The summed E-state index contributed by atoms with van der Waals surface area (Å²) in [6.07, 6.45) is 5.45. The third kappa shape index (κ3) is 5.32. The summed E-state index contributed by atoms with van der Waals surface area (Å²) in [5.41, 5.74) is 1.35. The van der Waals surface area contributed by atoms with Crippen LogP contribution in [0.5, 0.6) is 0 Å². The molecule has 2 aromatic heterocycles. The maximum absolute atomic E-state index is 14.0. The molecule has 11 heteroatoms. The largest absolute Gasteiger partial charge is 0.346 e. The molecule has 0 bridgehead atoms. The van der Waals surface area contributed by atoms with E-state index >= 15 is 0 Å². The number of aryl methyl sites for hydroxylation is 1. The quantitative estimate of drug-likeness (QED) is 0.212. The Morgan fingerprint density at radius 1 is 1.27 bits per heavy atom. The lowest BCUT2D eigenvalue weighted by Gasteiger charge is -2.24. The van der Waals surface area contributed by atoms with Crippen molar-refractivity contribution in [3.8, 4) is 0 Å². The van der Waals surface area contributed by atoms with E-state index in [4.69, 9.17) is 11.6 Å². The minimum Gasteiger partial charge on any atom is -0.346 e. The molecule has 2 fully saturated rings. The van der Waals surface area contributed by atoms with Crippen molar-refractivity contribution in [2.45, 2.75) is 58.4 Å². The van der Waals surface area contributed by atoms with E-state index in [0.29, 0.717) is 22.6 Å². The fourth-order valence-corrected chi connectivity index (χ4v) is 5.37. The Morgan fingerprint density at radius 3 is 2.60 bits per heavy atom. The number of benzene rings is 1. The van der Waals surface area contributed by atoms with Gasteiger partial charge in [0.25, 0.3) is 18.2 Å². The highest BCUT2D eigenvalue weighted by Crippen LogP contribution is 2.54. The van der Waals surface area contributed by atoms with E-state index in [1.54, 1.807) is 39.1 Å². The molecule has 3 N–H and O–H groups in total. The first-order chi connectivity index (χ1) is 19.0. The molecule has 8 nitrogen and oxygen atoms in total. The van der Waals surface area contributed by atoms with Crippen LogP contribution >= 0.6 is 11.6 Å². The first-order valence-corrected chi connectivity index (χ1v) is 13.5. The summed E-state index contributed by atoms with van der Waals surface area (Å²) >= 11 is 6.35. The zero-order valence-corrected chi connectivity index (χ0v) is 23.5. The van der Waals surface area contributed by atoms with E-state index in [0.717, 1.165) is 37.1 Å². The van der Waals surface area contributed by atoms with Gasteiger partial charge in [-0.3, -0.25) is 14.7 Å². The van der Waals surface area contributed by atoms with Crippen LogP contribution in [-0.4, -0.2) is 46.0 Å². The topological polar surface area (TPSA) is 103 Å². The van der Waals surface area contributed by atoms with Crippen molar-refractivity contribution in [1.29, 1.82) is 0 Å². The number of rotatable bonds is 9. The molecule has 5 rings (SSSR count). The zero-order chi connectivity index (χ0) is 28.8. The number of hydrogen-bond acceptors (Lipinski definition) is 5. The Kier molecular flexibility index (Phi) is 7.39. The van der Waals surface area contributed by atoms with Crippen molar-refractivity contribution in [2.24, 2.45) is 5.92 Å². The van der Waals surface area contributed by atoms with Crippen LogP contribution in [0, 0.1) is 12.8 Å². The van der Waals surface area contributed by atoms with Crippen LogP contribution in [0.2, 0.25) is 5.02 Å². The number of H-pyrrole nitrogens is 1. The Bertz CT molecular complexity index is 1550. The van der Waals surface area contributed by atoms with Gasteiger partial charge in [0.2, 0.25) is 0 Å². The van der Waals surface area contributed by atoms with E-state index < -0.39 is 12.3 Å². The summed E-state index contributed by atoms with van der Waals surface area (Å²) in [5.74, 6) is -0.337. The number of carbonyl (C=O) groups excluding carboxylic acids is 2. The number of alkyl halides is 2. The van der Waals surface area contributed by atoms with Gasteiger partial charge in [-0.1, -0.05) is 17.2 Å². The molecule has 2 aliphatic rings. The van der Waals surface area contributed by atoms with Crippen LogP contribution < -0.4 is 15.5 Å². The number of allylic oxidation sites excluding steroid dienone is 3. The lowest BCUT2D eigenvalue weighted by atomic mass is 10.0. The van der Waals surface area contributed by atoms with Gasteiger partial charge in [-0.2, -0.15) is 5.10 Å².